The first kappa shape index (κ1) is 82.3. The summed E-state index contributed by atoms with van der Waals surface area (Å²) in [7, 11) is 0. The molecule has 6 aromatic heterocycles. The highest BCUT2D eigenvalue weighted by atomic mass is 35.5. The number of nitrogens with one attached hydrogen (secondary N) is 2. The number of ether oxygens (including phenoxy) is 2. The highest BCUT2D eigenvalue weighted by molar-refractivity contribution is 6.31. The molecule has 32 nitrogen and oxygen atoms in total. The van der Waals surface area contributed by atoms with Crippen molar-refractivity contribution in [3.63, 3.8) is 0 Å². The fourth-order valence-electron chi connectivity index (χ4n) is 10.7. The van der Waals surface area contributed by atoms with Gasteiger partial charge in [-0.3, -0.25) is 28.8 Å². The Morgan fingerprint density at radius 1 is 0.412 bits per heavy atom. The van der Waals surface area contributed by atoms with Crippen LogP contribution in [0.1, 0.15) is 88.5 Å². The number of halogens is 3. The third kappa shape index (κ3) is 23.2. The summed E-state index contributed by atoms with van der Waals surface area (Å²) < 4.78 is 18.8. The average molecular weight is 1600 g/mol. The number of carboxylic acid groups (broad SMARTS) is 2. The quantitative estimate of drug-likeness (QED) is 0.0349. The summed E-state index contributed by atoms with van der Waals surface area (Å²) in [5.74, 6) is -3.87. The summed E-state index contributed by atoms with van der Waals surface area (Å²) in [6.07, 6.45) is 9.00. The topological polar surface area (TPSA) is 425 Å². The molecule has 0 aliphatic rings. The lowest BCUT2D eigenvalue weighted by Gasteiger charge is -2.19. The standard InChI is InChI=1S/C25H23ClN6O4.C22H16ClN5O4.C21H15ClN6O4.C11H15NO2/c1-25(2,3)36-24(35)16-4-7-19(8-5-16)28-22(33)14-31-11-10-17(12-23(31)34)20-13-18(26)6-9-21(20)32-15-27-29-30-32;23-17-5-6-20(28-13-24-25-26-28)19(11-17)16-7-8-27(21(30)10-16)12-18(29)9-14-1-3-15(4-2-14)22(31)32;22-15-3-6-18(28-12-23-25-26-28)17(10-15)14-7-8-27(20(30)9-14)11-19(29)24-16-4-1-13(2-5-16)21(31)32;1-11(2,3)14-10(13)8-4-6-9(12)7-5-8/h4-13,15H,14H2,1-3H3,(H,28,33);1-8,10-11,13H,9,12H2,(H,31,32);1-10,12H,11H2,(H,24,29)(H,31,32);4-7H,12H2,1-3H3. The number of rotatable bonds is 20. The number of carbonyl (C=O) groups excluding carboxylic acids is 5. The molecule has 6 N–H and O–H groups in total. The molecule has 0 aliphatic carbocycles. The molecule has 7 aromatic carbocycles. The first-order valence-electron chi connectivity index (χ1n) is 34.2. The minimum atomic E-state index is -1.06. The number of esters is 2. The number of carbonyl (C=O) groups is 7. The molecule has 0 saturated carbocycles. The summed E-state index contributed by atoms with van der Waals surface area (Å²) in [5.41, 5.74) is 12.4. The third-order valence-corrected chi connectivity index (χ3v) is 16.6. The van der Waals surface area contributed by atoms with Crippen LogP contribution in [0.15, 0.2) is 240 Å². The molecule has 114 heavy (non-hydrogen) atoms. The van der Waals surface area contributed by atoms with Gasteiger partial charge in [-0.2, -0.15) is 14.0 Å². The first-order valence-corrected chi connectivity index (χ1v) is 35.3. The molecule has 0 bridgehead atoms. The number of nitrogens with two attached hydrogens (primary N) is 1. The lowest BCUT2D eigenvalue weighted by atomic mass is 10.0. The van der Waals surface area contributed by atoms with E-state index in [0.29, 0.717) is 99.3 Å². The highest BCUT2D eigenvalue weighted by Gasteiger charge is 2.22. The van der Waals surface area contributed by atoms with Crippen molar-refractivity contribution >= 4 is 93.3 Å². The Balaban J connectivity index is 0.000000167. The second-order valence-electron chi connectivity index (χ2n) is 26.8. The van der Waals surface area contributed by atoms with Gasteiger partial charge in [0.15, 0.2) is 5.78 Å². The molecule has 0 atom stereocenters. The van der Waals surface area contributed by atoms with Gasteiger partial charge in [-0.05, 0) is 253 Å². The predicted molar refractivity (Wildman–Crippen MR) is 422 cm³/mol. The number of pyridine rings is 3. The molecule has 2 amide bonds. The van der Waals surface area contributed by atoms with Gasteiger partial charge in [-0.1, -0.05) is 46.9 Å². The number of benzene rings is 7. The van der Waals surface area contributed by atoms with E-state index < -0.39 is 40.9 Å². The van der Waals surface area contributed by atoms with E-state index in [0.717, 1.165) is 0 Å². The van der Waals surface area contributed by atoms with Gasteiger partial charge in [0.25, 0.3) is 16.7 Å². The van der Waals surface area contributed by atoms with Crippen LogP contribution in [0, 0.1) is 0 Å². The van der Waals surface area contributed by atoms with Gasteiger partial charge in [0.05, 0.1) is 45.9 Å². The van der Waals surface area contributed by atoms with Crippen LogP contribution in [0.4, 0.5) is 17.1 Å². The van der Waals surface area contributed by atoms with Gasteiger partial charge in [-0.15, -0.1) is 15.3 Å². The van der Waals surface area contributed by atoms with E-state index in [4.69, 9.17) is 60.2 Å². The summed E-state index contributed by atoms with van der Waals surface area (Å²) in [6, 6.07) is 49.6. The number of amides is 2. The molecule has 0 radical (unpaired) electrons. The summed E-state index contributed by atoms with van der Waals surface area (Å²) >= 11 is 18.5. The van der Waals surface area contributed by atoms with Gasteiger partial charge < -0.3 is 49.8 Å². The molecule has 13 aromatic rings. The Labute approximate surface area is 662 Å². The van der Waals surface area contributed by atoms with Crippen molar-refractivity contribution in [2.75, 3.05) is 16.4 Å². The number of ketones is 1. The number of aromatic nitrogens is 15. The van der Waals surface area contributed by atoms with Crippen LogP contribution in [0.25, 0.3) is 50.4 Å². The zero-order valence-electron chi connectivity index (χ0n) is 61.4. The van der Waals surface area contributed by atoms with Crippen molar-refractivity contribution in [2.24, 2.45) is 0 Å². The van der Waals surface area contributed by atoms with Crippen LogP contribution >= 0.6 is 34.8 Å². The fourth-order valence-corrected chi connectivity index (χ4v) is 11.2. The van der Waals surface area contributed by atoms with Crippen molar-refractivity contribution in [3.05, 3.63) is 300 Å². The number of aromatic carboxylic acids is 2. The van der Waals surface area contributed by atoms with Gasteiger partial charge in [0, 0.05) is 92.0 Å². The van der Waals surface area contributed by atoms with E-state index in [-0.39, 0.29) is 65.6 Å². The van der Waals surface area contributed by atoms with Crippen molar-refractivity contribution < 1.29 is 53.2 Å². The van der Waals surface area contributed by atoms with Crippen LogP contribution in [0.3, 0.4) is 0 Å². The minimum absolute atomic E-state index is 0.0891. The van der Waals surface area contributed by atoms with E-state index in [1.54, 1.807) is 160 Å². The van der Waals surface area contributed by atoms with Crippen molar-refractivity contribution in [3.8, 4) is 50.4 Å². The summed E-state index contributed by atoms with van der Waals surface area (Å²) in [4.78, 5) is 121. The zero-order valence-corrected chi connectivity index (χ0v) is 63.7. The number of carboxylic acids is 2. The first-order chi connectivity index (χ1) is 54.3. The average Bonchev–Trinajstić information content (AvgIpc) is 1.26. The Morgan fingerprint density at radius 2 is 0.728 bits per heavy atom. The largest absolute Gasteiger partial charge is 0.478 e. The lowest BCUT2D eigenvalue weighted by molar-refractivity contribution is -0.119. The molecule has 0 spiro atoms. The monoisotopic (exact) mass is 1600 g/mol. The minimum Gasteiger partial charge on any atom is -0.478 e. The Kier molecular flexibility index (Phi) is 26.7. The molecule has 0 saturated heterocycles. The van der Waals surface area contributed by atoms with Crippen LogP contribution in [-0.4, -0.2) is 137 Å². The smallest absolute Gasteiger partial charge is 0.338 e. The number of nitrogens with zero attached hydrogens (tertiary/aromatic N) is 15. The summed E-state index contributed by atoms with van der Waals surface area (Å²) in [5, 5.41) is 58.2. The second-order valence-corrected chi connectivity index (χ2v) is 28.1. The molecular weight excluding hydrogens is 1530 g/mol. The number of hydrogen-bond acceptors (Lipinski definition) is 22. The van der Waals surface area contributed by atoms with E-state index in [2.05, 4.69) is 57.2 Å². The van der Waals surface area contributed by atoms with Gasteiger partial charge in [-0.25, -0.2) is 19.2 Å². The second kappa shape index (κ2) is 37.0. The van der Waals surface area contributed by atoms with Crippen LogP contribution in [0.2, 0.25) is 15.1 Å². The van der Waals surface area contributed by atoms with Crippen LogP contribution in [-0.2, 0) is 49.9 Å². The van der Waals surface area contributed by atoms with Gasteiger partial charge in [0.2, 0.25) is 11.8 Å². The Hall–Kier alpha value is -14.2. The Morgan fingerprint density at radius 3 is 1.04 bits per heavy atom. The Bertz CT molecular complexity index is 5620. The number of Topliss-reactive ketones (excluding diaryl/α,β-unsaturated/α-hetero) is 1. The van der Waals surface area contributed by atoms with Crippen molar-refractivity contribution in [2.45, 2.75) is 78.8 Å². The molecule has 35 heteroatoms. The van der Waals surface area contributed by atoms with E-state index in [1.807, 2.05) is 20.8 Å². The van der Waals surface area contributed by atoms with E-state index >= 15 is 0 Å². The fraction of sp³-hybridized carbons (Fsp3) is 0.152. The van der Waals surface area contributed by atoms with Gasteiger partial charge >= 0.3 is 23.9 Å². The molecule has 580 valence electrons. The summed E-state index contributed by atoms with van der Waals surface area (Å²) in [6.45, 7) is 10.4. The molecule has 0 fully saturated rings. The predicted octanol–water partition coefficient (Wildman–Crippen LogP) is 11.1. The third-order valence-electron chi connectivity index (χ3n) is 15.9. The van der Waals surface area contributed by atoms with Crippen LogP contribution < -0.4 is 33.0 Å². The van der Waals surface area contributed by atoms with E-state index in [1.165, 1.54) is 114 Å². The van der Waals surface area contributed by atoms with E-state index in [9.17, 15) is 47.9 Å². The molecule has 13 rings (SSSR count). The molecule has 0 aliphatic heterocycles. The zero-order chi connectivity index (χ0) is 82.0. The molecular formula is C79H69Cl3N18O14. The number of anilines is 3. The van der Waals surface area contributed by atoms with Crippen molar-refractivity contribution in [1.82, 2.24) is 74.3 Å². The highest BCUT2D eigenvalue weighted by Crippen LogP contribution is 2.32. The maximum absolute atomic E-state index is 12.8. The normalized spacial score (nSPS) is 10.9. The molecule has 0 unspecified atom stereocenters. The van der Waals surface area contributed by atoms with Gasteiger partial charge in [0.1, 0.15) is 43.3 Å². The maximum Gasteiger partial charge on any atom is 0.338 e. The number of nitrogen functional groups attached to an aromatic ring is 1. The maximum atomic E-state index is 12.8. The number of hydrogen-bond donors (Lipinski definition) is 5. The lowest BCUT2D eigenvalue weighted by Crippen LogP contribution is -2.27. The molecule has 6 heterocycles. The number of tetrazole rings is 3. The van der Waals surface area contributed by atoms with Crippen LogP contribution in [0.5, 0.6) is 0 Å². The van der Waals surface area contributed by atoms with Crippen molar-refractivity contribution in [1.29, 1.82) is 0 Å². The SMILES string of the molecule is CC(C)(C)OC(=O)c1ccc(N)cc1.CC(C)(C)OC(=O)c1ccc(NC(=O)Cn2ccc(-c3cc(Cl)ccc3-n3cnnn3)cc2=O)cc1.O=C(Cc1ccc(C(=O)O)cc1)Cn1ccc(-c2cc(Cl)ccc2-n2cnnn2)cc1=O.O=C(Cn1ccc(-c2cc(Cl)ccc2-n2cnnn2)cc1=O)Nc1ccc(C(=O)O)cc1.